The van der Waals surface area contributed by atoms with E-state index in [1.807, 2.05) is 0 Å². The number of hydrogen-bond donors (Lipinski definition) is 1. The van der Waals surface area contributed by atoms with Crippen molar-refractivity contribution in [2.45, 2.75) is 13.7 Å². The predicted octanol–water partition coefficient (Wildman–Crippen LogP) is 2.91. The van der Waals surface area contributed by atoms with Crippen LogP contribution in [0.5, 0.6) is 0 Å². The van der Waals surface area contributed by atoms with Crippen molar-refractivity contribution in [1.82, 2.24) is 14.5 Å². The Morgan fingerprint density at radius 1 is 1.33 bits per heavy atom. The molecule has 1 N–H and O–H groups in total. The number of aromatic amines is 1. The molecule has 0 aliphatic heterocycles. The molecule has 21 heavy (non-hydrogen) atoms. The van der Waals surface area contributed by atoms with Crippen molar-refractivity contribution >= 4 is 11.2 Å². The lowest BCUT2D eigenvalue weighted by Crippen LogP contribution is -2.14. The summed E-state index contributed by atoms with van der Waals surface area (Å²) in [7, 11) is 0. The minimum Gasteiger partial charge on any atom is -0.304 e. The molecule has 0 saturated carbocycles. The Morgan fingerprint density at radius 3 is 2.81 bits per heavy atom. The molecule has 108 valence electrons. The molecule has 0 aliphatic rings. The van der Waals surface area contributed by atoms with Crippen LogP contribution >= 0.6 is 0 Å². The maximum Gasteiger partial charge on any atom is 0.329 e. The minimum absolute atomic E-state index is 0.0950. The highest BCUT2D eigenvalue weighted by molar-refractivity contribution is 5.78. The van der Waals surface area contributed by atoms with Gasteiger partial charge in [-0.2, -0.15) is 0 Å². The molecule has 0 atom stereocenters. The number of pyridine rings is 1. The first kappa shape index (κ1) is 13.4. The number of rotatable bonds is 2. The van der Waals surface area contributed by atoms with Crippen LogP contribution in [0.3, 0.4) is 0 Å². The average molecular weight is 293 g/mol. The Balaban J connectivity index is 2.23. The summed E-state index contributed by atoms with van der Waals surface area (Å²) < 4.78 is 40.9. The van der Waals surface area contributed by atoms with Crippen LogP contribution in [0.1, 0.15) is 5.56 Å². The number of aromatic nitrogens is 3. The van der Waals surface area contributed by atoms with Gasteiger partial charge in [-0.05, 0) is 25.1 Å². The van der Waals surface area contributed by atoms with E-state index in [4.69, 9.17) is 0 Å². The molecule has 0 unspecified atom stereocenters. The molecule has 2 aromatic heterocycles. The van der Waals surface area contributed by atoms with Crippen LogP contribution in [0.2, 0.25) is 0 Å². The van der Waals surface area contributed by atoms with E-state index in [-0.39, 0.29) is 22.3 Å². The van der Waals surface area contributed by atoms with Crippen LogP contribution < -0.4 is 5.69 Å². The Labute approximate surface area is 116 Å². The lowest BCUT2D eigenvalue weighted by Gasteiger charge is -2.06. The molecule has 0 amide bonds. The maximum atomic E-state index is 14.1. The lowest BCUT2D eigenvalue weighted by molar-refractivity contribution is 0.376. The quantitative estimate of drug-likeness (QED) is 0.790. The summed E-state index contributed by atoms with van der Waals surface area (Å²) in [6, 6.07) is 3.93. The molecule has 4 nitrogen and oxygen atoms in total. The topological polar surface area (TPSA) is 50.7 Å². The number of nitrogens with one attached hydrogen (secondary N) is 1. The fourth-order valence-corrected chi connectivity index (χ4v) is 2.19. The summed E-state index contributed by atoms with van der Waals surface area (Å²) in [5.74, 6) is -1.33. The molecule has 0 saturated heterocycles. The Kier molecular flexibility index (Phi) is 3.04. The van der Waals surface area contributed by atoms with Crippen LogP contribution in [0.4, 0.5) is 13.2 Å². The van der Waals surface area contributed by atoms with Crippen molar-refractivity contribution in [2.75, 3.05) is 0 Å². The normalized spacial score (nSPS) is 11.2. The van der Waals surface area contributed by atoms with Gasteiger partial charge in [0.15, 0.2) is 12.4 Å². The highest BCUT2D eigenvalue weighted by Crippen LogP contribution is 2.27. The number of imidazole rings is 1. The summed E-state index contributed by atoms with van der Waals surface area (Å²) >= 11 is 0. The van der Waals surface area contributed by atoms with E-state index in [0.717, 1.165) is 10.6 Å². The van der Waals surface area contributed by atoms with Crippen molar-refractivity contribution in [3.63, 3.8) is 0 Å². The van der Waals surface area contributed by atoms with Gasteiger partial charge >= 0.3 is 5.69 Å². The van der Waals surface area contributed by atoms with Gasteiger partial charge in [0.2, 0.25) is 0 Å². The van der Waals surface area contributed by atoms with E-state index in [9.17, 15) is 18.0 Å². The van der Waals surface area contributed by atoms with E-state index in [0.29, 0.717) is 5.56 Å². The lowest BCUT2D eigenvalue weighted by atomic mass is 10.0. The number of nitrogens with zero attached hydrogens (tertiary/aromatic N) is 2. The minimum atomic E-state index is -1.00. The number of fused-ring (bicyclic) bond motifs is 1. The molecule has 0 spiro atoms. The third kappa shape index (κ3) is 2.01. The highest BCUT2D eigenvalue weighted by atomic mass is 19.1. The standard InChI is InChI=1S/C14H10F3N3O/c1-7-10(16)3-2-9(12(7)17)8-4-11-13(18-5-8)20(6-15)14(21)19-11/h2-5H,6H2,1H3,(H,19,21). The fraction of sp³-hybridized carbons (Fsp3) is 0.143. The summed E-state index contributed by atoms with van der Waals surface area (Å²) in [6.07, 6.45) is 1.32. The smallest absolute Gasteiger partial charge is 0.304 e. The summed E-state index contributed by atoms with van der Waals surface area (Å²) in [5.41, 5.74) is 0.241. The second kappa shape index (κ2) is 4.76. The number of halogens is 3. The molecule has 0 aliphatic carbocycles. The van der Waals surface area contributed by atoms with E-state index < -0.39 is 24.1 Å². The highest BCUT2D eigenvalue weighted by Gasteiger charge is 2.14. The van der Waals surface area contributed by atoms with Crippen LogP contribution in [0.25, 0.3) is 22.3 Å². The maximum absolute atomic E-state index is 14.1. The molecule has 0 bridgehead atoms. The molecule has 2 heterocycles. The zero-order valence-electron chi connectivity index (χ0n) is 11.0. The number of hydrogen-bond acceptors (Lipinski definition) is 2. The Bertz CT molecular complexity index is 898. The number of alkyl halides is 1. The third-order valence-electron chi connectivity index (χ3n) is 3.36. The molecular weight excluding hydrogens is 283 g/mol. The Hall–Kier alpha value is -2.57. The number of benzene rings is 1. The van der Waals surface area contributed by atoms with Gasteiger partial charge in [0.25, 0.3) is 0 Å². The van der Waals surface area contributed by atoms with Gasteiger partial charge in [-0.15, -0.1) is 0 Å². The fourth-order valence-electron chi connectivity index (χ4n) is 2.19. The van der Waals surface area contributed by atoms with E-state index in [2.05, 4.69) is 9.97 Å². The first-order valence-corrected chi connectivity index (χ1v) is 6.12. The van der Waals surface area contributed by atoms with E-state index >= 15 is 0 Å². The third-order valence-corrected chi connectivity index (χ3v) is 3.36. The van der Waals surface area contributed by atoms with Crippen molar-refractivity contribution < 1.29 is 13.2 Å². The largest absolute Gasteiger partial charge is 0.329 e. The van der Waals surface area contributed by atoms with Crippen LogP contribution in [-0.2, 0) is 6.80 Å². The van der Waals surface area contributed by atoms with Gasteiger partial charge in [-0.1, -0.05) is 0 Å². The predicted molar refractivity (Wildman–Crippen MR) is 71.6 cm³/mol. The van der Waals surface area contributed by atoms with Crippen molar-refractivity contribution in [1.29, 1.82) is 0 Å². The van der Waals surface area contributed by atoms with Crippen LogP contribution in [-0.4, -0.2) is 14.5 Å². The average Bonchev–Trinajstić information content (AvgIpc) is 2.79. The second-order valence-electron chi connectivity index (χ2n) is 4.61. The Morgan fingerprint density at radius 2 is 2.10 bits per heavy atom. The molecule has 7 heteroatoms. The van der Waals surface area contributed by atoms with E-state index in [1.165, 1.54) is 25.3 Å². The van der Waals surface area contributed by atoms with Gasteiger partial charge < -0.3 is 4.98 Å². The first-order chi connectivity index (χ1) is 10.0. The molecule has 1 aromatic carbocycles. The summed E-state index contributed by atoms with van der Waals surface area (Å²) in [4.78, 5) is 17.9. The van der Waals surface area contributed by atoms with Gasteiger partial charge in [-0.25, -0.2) is 27.5 Å². The molecule has 0 fully saturated rings. The van der Waals surface area contributed by atoms with Crippen LogP contribution in [0, 0.1) is 18.6 Å². The molecule has 3 rings (SSSR count). The van der Waals surface area contributed by atoms with Gasteiger partial charge in [0.1, 0.15) is 11.6 Å². The second-order valence-corrected chi connectivity index (χ2v) is 4.61. The SMILES string of the molecule is Cc1c(F)ccc(-c2cnc3c(c2)[nH]c(=O)n3CF)c1F. The van der Waals surface area contributed by atoms with Crippen molar-refractivity contribution in [2.24, 2.45) is 0 Å². The van der Waals surface area contributed by atoms with E-state index in [1.54, 1.807) is 0 Å². The summed E-state index contributed by atoms with van der Waals surface area (Å²) in [6.45, 7) is 0.330. The van der Waals surface area contributed by atoms with Gasteiger partial charge in [-0.3, -0.25) is 0 Å². The first-order valence-electron chi connectivity index (χ1n) is 6.12. The zero-order chi connectivity index (χ0) is 15.1. The molecule has 0 radical (unpaired) electrons. The van der Waals surface area contributed by atoms with Gasteiger partial charge in [0.05, 0.1) is 5.52 Å². The number of H-pyrrole nitrogens is 1. The monoisotopic (exact) mass is 293 g/mol. The summed E-state index contributed by atoms with van der Waals surface area (Å²) in [5, 5.41) is 0. The molecular formula is C14H10F3N3O. The molecule has 3 aromatic rings. The van der Waals surface area contributed by atoms with Crippen LogP contribution in [0.15, 0.2) is 29.2 Å². The van der Waals surface area contributed by atoms with Crippen molar-refractivity contribution in [3.05, 3.63) is 52.1 Å². The van der Waals surface area contributed by atoms with Crippen molar-refractivity contribution in [3.8, 4) is 11.1 Å². The zero-order valence-corrected chi connectivity index (χ0v) is 11.0. The van der Waals surface area contributed by atoms with Gasteiger partial charge in [0, 0.05) is 22.9 Å².